The molecule has 142 valence electrons. The number of benzene rings is 2. The van der Waals surface area contributed by atoms with Gasteiger partial charge in [0.05, 0.1) is 12.1 Å². The van der Waals surface area contributed by atoms with Gasteiger partial charge in [0.1, 0.15) is 12.4 Å². The molecule has 0 radical (unpaired) electrons. The SMILES string of the molecule is CCn1nnnc1NCc1cccc(OC)c1OCc1ccc(F)cc1Cl. The fraction of sp³-hybridized carbons (Fsp3) is 0.278. The summed E-state index contributed by atoms with van der Waals surface area (Å²) < 4.78 is 26.2. The average Bonchev–Trinajstić information content (AvgIpc) is 3.13. The van der Waals surface area contributed by atoms with Crippen molar-refractivity contribution in [2.45, 2.75) is 26.6 Å². The van der Waals surface area contributed by atoms with E-state index in [1.807, 2.05) is 19.1 Å². The Morgan fingerprint density at radius 2 is 2.07 bits per heavy atom. The Morgan fingerprint density at radius 3 is 2.81 bits per heavy atom. The predicted molar refractivity (Wildman–Crippen MR) is 99.6 cm³/mol. The third-order valence-corrected chi connectivity index (χ3v) is 4.29. The van der Waals surface area contributed by atoms with Crippen LogP contribution in [0.4, 0.5) is 10.3 Å². The number of nitrogens with zero attached hydrogens (tertiary/aromatic N) is 4. The number of hydrogen-bond donors (Lipinski definition) is 1. The minimum absolute atomic E-state index is 0.180. The standard InChI is InChI=1S/C18H19ClFN5O2/c1-3-25-18(22-23-24-25)21-10-12-5-4-6-16(26-2)17(12)27-11-13-7-8-14(20)9-15(13)19/h4-9H,3,10-11H2,1-2H3,(H,21,22,24). The molecule has 9 heteroatoms. The van der Waals surface area contributed by atoms with Gasteiger partial charge in [0.25, 0.3) is 0 Å². The summed E-state index contributed by atoms with van der Waals surface area (Å²) in [5, 5.41) is 15.0. The minimum Gasteiger partial charge on any atom is -0.493 e. The monoisotopic (exact) mass is 391 g/mol. The van der Waals surface area contributed by atoms with Crippen LogP contribution in [0.1, 0.15) is 18.1 Å². The van der Waals surface area contributed by atoms with E-state index in [1.54, 1.807) is 23.9 Å². The van der Waals surface area contributed by atoms with Gasteiger partial charge in [-0.05, 0) is 35.5 Å². The van der Waals surface area contributed by atoms with Crippen LogP contribution in [0.3, 0.4) is 0 Å². The molecular weight excluding hydrogens is 373 g/mol. The van der Waals surface area contributed by atoms with Crippen LogP contribution in [0.15, 0.2) is 36.4 Å². The Hall–Kier alpha value is -2.87. The van der Waals surface area contributed by atoms with Crippen molar-refractivity contribution < 1.29 is 13.9 Å². The molecule has 0 atom stereocenters. The molecule has 0 aliphatic heterocycles. The van der Waals surface area contributed by atoms with Gasteiger partial charge in [0, 0.05) is 24.2 Å². The van der Waals surface area contributed by atoms with E-state index in [9.17, 15) is 4.39 Å². The molecule has 0 aliphatic carbocycles. The van der Waals surface area contributed by atoms with E-state index in [2.05, 4.69) is 20.8 Å². The molecule has 27 heavy (non-hydrogen) atoms. The molecule has 7 nitrogen and oxygen atoms in total. The summed E-state index contributed by atoms with van der Waals surface area (Å²) in [5.41, 5.74) is 1.54. The van der Waals surface area contributed by atoms with Gasteiger partial charge >= 0.3 is 0 Å². The highest BCUT2D eigenvalue weighted by Crippen LogP contribution is 2.33. The molecule has 1 aromatic heterocycles. The van der Waals surface area contributed by atoms with Crippen molar-refractivity contribution in [2.75, 3.05) is 12.4 Å². The first-order valence-corrected chi connectivity index (χ1v) is 8.72. The molecule has 2 aromatic carbocycles. The second-order valence-corrected chi connectivity index (χ2v) is 6.05. The first-order valence-electron chi connectivity index (χ1n) is 8.35. The van der Waals surface area contributed by atoms with Crippen LogP contribution in [0.25, 0.3) is 0 Å². The van der Waals surface area contributed by atoms with Crippen molar-refractivity contribution in [1.29, 1.82) is 0 Å². The number of tetrazole rings is 1. The fourth-order valence-corrected chi connectivity index (χ4v) is 2.75. The van der Waals surface area contributed by atoms with Gasteiger partial charge in [-0.2, -0.15) is 0 Å². The molecule has 3 aromatic rings. The van der Waals surface area contributed by atoms with Gasteiger partial charge in [-0.15, -0.1) is 0 Å². The van der Waals surface area contributed by atoms with Crippen LogP contribution in [0.2, 0.25) is 5.02 Å². The number of halogens is 2. The summed E-state index contributed by atoms with van der Waals surface area (Å²) in [4.78, 5) is 0. The quantitative estimate of drug-likeness (QED) is 0.631. The summed E-state index contributed by atoms with van der Waals surface area (Å²) >= 11 is 6.08. The van der Waals surface area contributed by atoms with Crippen molar-refractivity contribution in [3.63, 3.8) is 0 Å². The number of hydrogen-bond acceptors (Lipinski definition) is 6. The van der Waals surface area contributed by atoms with Gasteiger partial charge in [0.15, 0.2) is 11.5 Å². The first-order chi connectivity index (χ1) is 13.1. The summed E-state index contributed by atoms with van der Waals surface area (Å²) in [7, 11) is 1.57. The number of rotatable bonds is 8. The molecule has 0 saturated heterocycles. The molecule has 0 fully saturated rings. The van der Waals surface area contributed by atoms with E-state index in [0.717, 1.165) is 5.56 Å². The predicted octanol–water partition coefficient (Wildman–Crippen LogP) is 3.69. The van der Waals surface area contributed by atoms with E-state index >= 15 is 0 Å². The van der Waals surface area contributed by atoms with Crippen molar-refractivity contribution in [3.05, 3.63) is 58.4 Å². The van der Waals surface area contributed by atoms with Crippen LogP contribution in [0, 0.1) is 5.82 Å². The van der Waals surface area contributed by atoms with Crippen molar-refractivity contribution in [3.8, 4) is 11.5 Å². The number of para-hydroxylation sites is 1. The Bertz CT molecular complexity index is 919. The maximum Gasteiger partial charge on any atom is 0.243 e. The van der Waals surface area contributed by atoms with E-state index in [4.69, 9.17) is 21.1 Å². The number of anilines is 1. The van der Waals surface area contributed by atoms with Gasteiger partial charge in [-0.3, -0.25) is 0 Å². The van der Waals surface area contributed by atoms with Crippen LogP contribution in [-0.2, 0) is 19.7 Å². The molecule has 0 amide bonds. The third kappa shape index (κ3) is 4.46. The maximum absolute atomic E-state index is 13.2. The molecular formula is C18H19ClFN5O2. The highest BCUT2D eigenvalue weighted by atomic mass is 35.5. The molecule has 3 rings (SSSR count). The molecule has 1 heterocycles. The Labute approximate surface area is 161 Å². The normalized spacial score (nSPS) is 10.7. The Kier molecular flexibility index (Phi) is 6.08. The highest BCUT2D eigenvalue weighted by molar-refractivity contribution is 6.31. The Morgan fingerprint density at radius 1 is 1.22 bits per heavy atom. The summed E-state index contributed by atoms with van der Waals surface area (Å²) in [5.74, 6) is 1.33. The van der Waals surface area contributed by atoms with E-state index in [0.29, 0.717) is 41.1 Å². The van der Waals surface area contributed by atoms with E-state index in [1.165, 1.54) is 12.1 Å². The van der Waals surface area contributed by atoms with Gasteiger partial charge < -0.3 is 14.8 Å². The summed E-state index contributed by atoms with van der Waals surface area (Å²) in [6, 6.07) is 9.80. The topological polar surface area (TPSA) is 74.1 Å². The van der Waals surface area contributed by atoms with Crippen LogP contribution in [-0.4, -0.2) is 27.3 Å². The highest BCUT2D eigenvalue weighted by Gasteiger charge is 2.13. The second-order valence-electron chi connectivity index (χ2n) is 5.64. The van der Waals surface area contributed by atoms with E-state index < -0.39 is 0 Å². The lowest BCUT2D eigenvalue weighted by atomic mass is 10.1. The molecule has 0 saturated carbocycles. The maximum atomic E-state index is 13.2. The zero-order chi connectivity index (χ0) is 19.2. The van der Waals surface area contributed by atoms with Gasteiger partial charge in [0.2, 0.25) is 5.95 Å². The first kappa shape index (κ1) is 18.9. The van der Waals surface area contributed by atoms with Crippen LogP contribution in [0.5, 0.6) is 11.5 Å². The lowest BCUT2D eigenvalue weighted by Crippen LogP contribution is -2.09. The lowest BCUT2D eigenvalue weighted by molar-refractivity contribution is 0.281. The summed E-state index contributed by atoms with van der Waals surface area (Å²) in [6.45, 7) is 3.22. The molecule has 0 unspecified atom stereocenters. The number of aromatic nitrogens is 4. The third-order valence-electron chi connectivity index (χ3n) is 3.94. The number of methoxy groups -OCH3 is 1. The molecule has 0 spiro atoms. The minimum atomic E-state index is -0.389. The fourth-order valence-electron chi connectivity index (χ4n) is 2.53. The average molecular weight is 392 g/mol. The van der Waals surface area contributed by atoms with E-state index in [-0.39, 0.29) is 12.4 Å². The second kappa shape index (κ2) is 8.68. The van der Waals surface area contributed by atoms with Gasteiger partial charge in [-0.25, -0.2) is 9.07 Å². The Balaban J connectivity index is 1.78. The van der Waals surface area contributed by atoms with Crippen molar-refractivity contribution >= 4 is 17.5 Å². The molecule has 0 bridgehead atoms. The molecule has 0 aliphatic rings. The number of ether oxygens (including phenoxy) is 2. The zero-order valence-corrected chi connectivity index (χ0v) is 15.7. The van der Waals surface area contributed by atoms with Crippen LogP contribution >= 0.6 is 11.6 Å². The lowest BCUT2D eigenvalue weighted by Gasteiger charge is -2.16. The van der Waals surface area contributed by atoms with Crippen molar-refractivity contribution in [2.24, 2.45) is 0 Å². The number of nitrogens with one attached hydrogen (secondary N) is 1. The molecule has 1 N–H and O–H groups in total. The smallest absolute Gasteiger partial charge is 0.243 e. The summed E-state index contributed by atoms with van der Waals surface area (Å²) in [6.07, 6.45) is 0. The zero-order valence-electron chi connectivity index (χ0n) is 14.9. The largest absolute Gasteiger partial charge is 0.493 e. The van der Waals surface area contributed by atoms with Crippen LogP contribution < -0.4 is 14.8 Å². The van der Waals surface area contributed by atoms with Gasteiger partial charge in [-0.1, -0.05) is 34.9 Å². The van der Waals surface area contributed by atoms with Crippen molar-refractivity contribution in [1.82, 2.24) is 20.2 Å². The number of aryl methyl sites for hydroxylation is 1.